The van der Waals surface area contributed by atoms with Crippen LogP contribution < -0.4 is 10.1 Å². The molecule has 1 N–H and O–H groups in total. The van der Waals surface area contributed by atoms with E-state index in [0.717, 1.165) is 22.1 Å². The highest BCUT2D eigenvalue weighted by molar-refractivity contribution is 5.99. The Kier molecular flexibility index (Phi) is 4.38. The molecule has 0 aliphatic carbocycles. The third-order valence-electron chi connectivity index (χ3n) is 4.32. The van der Waals surface area contributed by atoms with E-state index in [9.17, 15) is 4.39 Å². The van der Waals surface area contributed by atoms with Crippen LogP contribution >= 0.6 is 0 Å². The van der Waals surface area contributed by atoms with Crippen LogP contribution in [0, 0.1) is 5.82 Å². The van der Waals surface area contributed by atoms with Crippen molar-refractivity contribution >= 4 is 16.7 Å². The van der Waals surface area contributed by atoms with Gasteiger partial charge in [0, 0.05) is 36.0 Å². The number of benzene rings is 2. The lowest BCUT2D eigenvalue weighted by atomic mass is 10.0. The number of nitrogens with zero attached hydrogens (tertiary/aromatic N) is 3. The zero-order chi connectivity index (χ0) is 18.8. The maximum Gasteiger partial charge on any atom is 0.163 e. The van der Waals surface area contributed by atoms with E-state index in [4.69, 9.17) is 9.72 Å². The van der Waals surface area contributed by atoms with Crippen molar-refractivity contribution in [1.82, 2.24) is 15.0 Å². The van der Waals surface area contributed by atoms with Crippen LogP contribution in [-0.4, -0.2) is 29.1 Å². The van der Waals surface area contributed by atoms with Crippen molar-refractivity contribution in [3.8, 4) is 28.3 Å². The Labute approximate surface area is 155 Å². The number of pyridine rings is 1. The average molecular weight is 360 g/mol. The zero-order valence-corrected chi connectivity index (χ0v) is 14.9. The highest BCUT2D eigenvalue weighted by Gasteiger charge is 2.17. The molecule has 5 nitrogen and oxygen atoms in total. The predicted octanol–water partition coefficient (Wildman–Crippen LogP) is 4.55. The summed E-state index contributed by atoms with van der Waals surface area (Å²) in [5.74, 6) is 1.49. The molecule has 0 saturated carbocycles. The summed E-state index contributed by atoms with van der Waals surface area (Å²) in [6, 6.07) is 14.0. The molecule has 2 heterocycles. The number of hydrogen-bond acceptors (Lipinski definition) is 5. The normalized spacial score (nSPS) is 10.8. The number of nitrogens with one attached hydrogen (secondary N) is 1. The Morgan fingerprint density at radius 2 is 1.85 bits per heavy atom. The van der Waals surface area contributed by atoms with Crippen LogP contribution in [0.3, 0.4) is 0 Å². The lowest BCUT2D eigenvalue weighted by Gasteiger charge is -2.14. The third-order valence-corrected chi connectivity index (χ3v) is 4.32. The zero-order valence-electron chi connectivity index (χ0n) is 14.9. The van der Waals surface area contributed by atoms with E-state index in [1.165, 1.54) is 12.1 Å². The minimum atomic E-state index is -0.302. The van der Waals surface area contributed by atoms with Crippen LogP contribution in [0.25, 0.3) is 33.4 Å². The predicted molar refractivity (Wildman–Crippen MR) is 104 cm³/mol. The van der Waals surface area contributed by atoms with Gasteiger partial charge in [-0.3, -0.25) is 4.98 Å². The maximum absolute atomic E-state index is 13.7. The number of methoxy groups -OCH3 is 1. The second kappa shape index (κ2) is 6.99. The molecule has 0 atom stereocenters. The molecule has 27 heavy (non-hydrogen) atoms. The quantitative estimate of drug-likeness (QED) is 0.579. The maximum atomic E-state index is 13.7. The number of aromatic nitrogens is 3. The van der Waals surface area contributed by atoms with Crippen LogP contribution in [0.15, 0.2) is 60.9 Å². The molecular weight excluding hydrogens is 343 g/mol. The number of rotatable bonds is 4. The average Bonchev–Trinajstić information content (AvgIpc) is 2.72. The molecule has 0 aliphatic heterocycles. The summed E-state index contributed by atoms with van der Waals surface area (Å²) in [5, 5.41) is 3.93. The minimum Gasteiger partial charge on any atom is -0.494 e. The van der Waals surface area contributed by atoms with Gasteiger partial charge in [0.15, 0.2) is 11.6 Å². The molecule has 2 aromatic carbocycles. The summed E-state index contributed by atoms with van der Waals surface area (Å²) >= 11 is 0. The number of halogens is 1. The van der Waals surface area contributed by atoms with Gasteiger partial charge in [-0.2, -0.15) is 0 Å². The Hall–Kier alpha value is -3.54. The van der Waals surface area contributed by atoms with E-state index in [1.54, 1.807) is 25.6 Å². The van der Waals surface area contributed by atoms with Gasteiger partial charge in [0.05, 0.1) is 7.11 Å². The Bertz CT molecular complexity index is 1120. The van der Waals surface area contributed by atoms with Gasteiger partial charge in [0.1, 0.15) is 17.2 Å². The van der Waals surface area contributed by atoms with Crippen molar-refractivity contribution in [2.24, 2.45) is 0 Å². The largest absolute Gasteiger partial charge is 0.494 e. The van der Waals surface area contributed by atoms with Gasteiger partial charge in [-0.1, -0.05) is 12.1 Å². The molecule has 2 aromatic heterocycles. The second-order valence-corrected chi connectivity index (χ2v) is 5.94. The lowest BCUT2D eigenvalue weighted by molar-refractivity contribution is 0.420. The number of hydrogen-bond donors (Lipinski definition) is 1. The highest BCUT2D eigenvalue weighted by Crippen LogP contribution is 2.38. The first-order chi connectivity index (χ1) is 13.2. The van der Waals surface area contributed by atoms with Crippen LogP contribution in [0.4, 0.5) is 10.2 Å². The van der Waals surface area contributed by atoms with Crippen molar-refractivity contribution in [2.45, 2.75) is 0 Å². The van der Waals surface area contributed by atoms with Crippen molar-refractivity contribution in [3.05, 3.63) is 66.7 Å². The molecule has 0 radical (unpaired) electrons. The molecule has 134 valence electrons. The highest BCUT2D eigenvalue weighted by atomic mass is 19.1. The van der Waals surface area contributed by atoms with Gasteiger partial charge >= 0.3 is 0 Å². The summed E-state index contributed by atoms with van der Waals surface area (Å²) in [4.78, 5) is 13.5. The second-order valence-electron chi connectivity index (χ2n) is 5.94. The van der Waals surface area contributed by atoms with Gasteiger partial charge in [-0.15, -0.1) is 0 Å². The van der Waals surface area contributed by atoms with Crippen LogP contribution in [-0.2, 0) is 0 Å². The molecule has 0 spiro atoms. The first-order valence-electron chi connectivity index (χ1n) is 8.44. The summed E-state index contributed by atoms with van der Waals surface area (Å²) in [5.41, 5.74) is 2.94. The molecular formula is C21H17FN4O. The van der Waals surface area contributed by atoms with Gasteiger partial charge in [-0.05, 0) is 42.0 Å². The summed E-state index contributed by atoms with van der Waals surface area (Å²) < 4.78 is 19.4. The van der Waals surface area contributed by atoms with E-state index in [0.29, 0.717) is 22.9 Å². The molecule has 4 rings (SSSR count). The van der Waals surface area contributed by atoms with Gasteiger partial charge in [0.25, 0.3) is 0 Å². The lowest BCUT2D eigenvalue weighted by Crippen LogP contribution is -2.01. The standard InChI is InChI=1S/C21H17FN4O/c1-23-21-17-9-8-16(13-5-3-7-15(22)11-13)19(27-2)18(17)25-20(26-21)14-6-4-10-24-12-14/h3-12H,1-2H3,(H,23,25,26). The summed E-state index contributed by atoms with van der Waals surface area (Å²) in [7, 11) is 3.39. The molecule has 4 aromatic rings. The topological polar surface area (TPSA) is 59.9 Å². The van der Waals surface area contributed by atoms with Crippen LogP contribution in [0.1, 0.15) is 0 Å². The van der Waals surface area contributed by atoms with Gasteiger partial charge < -0.3 is 10.1 Å². The van der Waals surface area contributed by atoms with Crippen molar-refractivity contribution in [2.75, 3.05) is 19.5 Å². The minimum absolute atomic E-state index is 0.302. The first kappa shape index (κ1) is 16.9. The van der Waals surface area contributed by atoms with E-state index in [-0.39, 0.29) is 5.82 Å². The Balaban J connectivity index is 2.01. The van der Waals surface area contributed by atoms with Crippen molar-refractivity contribution < 1.29 is 9.13 Å². The number of ether oxygens (including phenoxy) is 1. The molecule has 0 saturated heterocycles. The third kappa shape index (κ3) is 3.06. The number of fused-ring (bicyclic) bond motifs is 1. The summed E-state index contributed by atoms with van der Waals surface area (Å²) in [6.07, 6.45) is 3.41. The SMILES string of the molecule is CNc1nc(-c2cccnc2)nc2c(OC)c(-c3cccc(F)c3)ccc12. The monoisotopic (exact) mass is 360 g/mol. The fourth-order valence-corrected chi connectivity index (χ4v) is 3.07. The van der Waals surface area contributed by atoms with Gasteiger partial charge in [-0.25, -0.2) is 14.4 Å². The summed E-state index contributed by atoms with van der Waals surface area (Å²) in [6.45, 7) is 0. The van der Waals surface area contributed by atoms with Crippen LogP contribution in [0.2, 0.25) is 0 Å². The van der Waals surface area contributed by atoms with E-state index >= 15 is 0 Å². The smallest absolute Gasteiger partial charge is 0.163 e. The Morgan fingerprint density at radius 1 is 1.00 bits per heavy atom. The van der Waals surface area contributed by atoms with E-state index < -0.39 is 0 Å². The fourth-order valence-electron chi connectivity index (χ4n) is 3.07. The molecule has 6 heteroatoms. The fraction of sp³-hybridized carbons (Fsp3) is 0.0952. The van der Waals surface area contributed by atoms with E-state index in [1.807, 2.05) is 37.4 Å². The Morgan fingerprint density at radius 3 is 2.56 bits per heavy atom. The molecule has 0 fully saturated rings. The molecule has 0 aliphatic rings. The first-order valence-corrected chi connectivity index (χ1v) is 8.44. The van der Waals surface area contributed by atoms with Crippen molar-refractivity contribution in [3.63, 3.8) is 0 Å². The number of anilines is 1. The molecule has 0 bridgehead atoms. The van der Waals surface area contributed by atoms with E-state index in [2.05, 4.69) is 15.3 Å². The van der Waals surface area contributed by atoms with Gasteiger partial charge in [0.2, 0.25) is 0 Å². The van der Waals surface area contributed by atoms with Crippen LogP contribution in [0.5, 0.6) is 5.75 Å². The molecule has 0 unspecified atom stereocenters. The van der Waals surface area contributed by atoms with Crippen molar-refractivity contribution in [1.29, 1.82) is 0 Å². The molecule has 0 amide bonds.